The molecule has 0 saturated carbocycles. The lowest BCUT2D eigenvalue weighted by molar-refractivity contribution is 0.102. The van der Waals surface area contributed by atoms with Crippen LogP contribution in [0, 0.1) is 6.92 Å². The smallest absolute Gasteiger partial charge is 0.255 e. The molecular weight excluding hydrogens is 270 g/mol. The maximum absolute atomic E-state index is 12.3. The van der Waals surface area contributed by atoms with E-state index in [-0.39, 0.29) is 5.91 Å². The number of benzene rings is 3. The van der Waals surface area contributed by atoms with E-state index in [0.29, 0.717) is 5.56 Å². The van der Waals surface area contributed by atoms with Crippen LogP contribution in [0.1, 0.15) is 15.9 Å². The molecule has 3 aromatic rings. The number of aryl methyl sites for hydroxylation is 1. The fourth-order valence-electron chi connectivity index (χ4n) is 2.40. The molecule has 0 radical (unpaired) electrons. The second-order valence-corrected chi connectivity index (χ2v) is 5.21. The topological polar surface area (TPSA) is 29.1 Å². The molecule has 0 aliphatic heterocycles. The highest BCUT2D eigenvalue weighted by Crippen LogP contribution is 2.21. The third kappa shape index (κ3) is 3.07. The zero-order chi connectivity index (χ0) is 15.4. The SMILES string of the molecule is Cc1ccccc1C(=O)Nc1ccc(-c2ccccc2)cc1. The molecule has 1 amide bonds. The summed E-state index contributed by atoms with van der Waals surface area (Å²) in [6, 6.07) is 25.6. The Kier molecular flexibility index (Phi) is 4.01. The first-order valence-corrected chi connectivity index (χ1v) is 7.26. The summed E-state index contributed by atoms with van der Waals surface area (Å²) in [4.78, 5) is 12.3. The first kappa shape index (κ1) is 14.1. The van der Waals surface area contributed by atoms with Gasteiger partial charge in [-0.15, -0.1) is 0 Å². The van der Waals surface area contributed by atoms with Gasteiger partial charge in [-0.05, 0) is 41.8 Å². The van der Waals surface area contributed by atoms with Gasteiger partial charge in [0.2, 0.25) is 0 Å². The number of carbonyl (C=O) groups excluding carboxylic acids is 1. The summed E-state index contributed by atoms with van der Waals surface area (Å²) in [7, 11) is 0. The van der Waals surface area contributed by atoms with E-state index in [1.807, 2.05) is 73.7 Å². The highest BCUT2D eigenvalue weighted by atomic mass is 16.1. The summed E-state index contributed by atoms with van der Waals surface area (Å²) >= 11 is 0. The van der Waals surface area contributed by atoms with Crippen LogP contribution in [0.3, 0.4) is 0 Å². The van der Waals surface area contributed by atoms with Crippen LogP contribution in [0.2, 0.25) is 0 Å². The van der Waals surface area contributed by atoms with Gasteiger partial charge >= 0.3 is 0 Å². The van der Waals surface area contributed by atoms with Crippen molar-refractivity contribution in [3.8, 4) is 11.1 Å². The van der Waals surface area contributed by atoms with Gasteiger partial charge in [0.15, 0.2) is 0 Å². The first-order valence-electron chi connectivity index (χ1n) is 7.26. The number of anilines is 1. The molecule has 0 bridgehead atoms. The van der Waals surface area contributed by atoms with Crippen molar-refractivity contribution in [1.82, 2.24) is 0 Å². The Labute approximate surface area is 130 Å². The third-order valence-electron chi connectivity index (χ3n) is 3.64. The van der Waals surface area contributed by atoms with Crippen molar-refractivity contribution in [1.29, 1.82) is 0 Å². The van der Waals surface area contributed by atoms with Crippen LogP contribution < -0.4 is 5.32 Å². The van der Waals surface area contributed by atoms with E-state index in [2.05, 4.69) is 17.4 Å². The minimum Gasteiger partial charge on any atom is -0.322 e. The Morgan fingerprint density at radius 1 is 0.727 bits per heavy atom. The molecule has 3 rings (SSSR count). The van der Waals surface area contributed by atoms with Gasteiger partial charge in [-0.1, -0.05) is 60.7 Å². The summed E-state index contributed by atoms with van der Waals surface area (Å²) in [6.45, 7) is 1.94. The molecule has 0 aliphatic rings. The van der Waals surface area contributed by atoms with E-state index >= 15 is 0 Å². The van der Waals surface area contributed by atoms with E-state index in [1.165, 1.54) is 5.56 Å². The fraction of sp³-hybridized carbons (Fsp3) is 0.0500. The lowest BCUT2D eigenvalue weighted by atomic mass is 10.1. The standard InChI is InChI=1S/C20H17NO/c1-15-7-5-6-10-19(15)20(22)21-18-13-11-17(12-14-18)16-8-3-2-4-9-16/h2-14H,1H3,(H,21,22). The Bertz CT molecular complexity index is 776. The van der Waals surface area contributed by atoms with E-state index in [4.69, 9.17) is 0 Å². The predicted octanol–water partition coefficient (Wildman–Crippen LogP) is 4.91. The lowest BCUT2D eigenvalue weighted by Crippen LogP contribution is -2.13. The van der Waals surface area contributed by atoms with Crippen molar-refractivity contribution in [3.05, 3.63) is 90.0 Å². The van der Waals surface area contributed by atoms with Crippen molar-refractivity contribution in [2.24, 2.45) is 0 Å². The van der Waals surface area contributed by atoms with Crippen LogP contribution >= 0.6 is 0 Å². The number of rotatable bonds is 3. The second-order valence-electron chi connectivity index (χ2n) is 5.21. The Hall–Kier alpha value is -2.87. The maximum Gasteiger partial charge on any atom is 0.255 e. The molecule has 0 spiro atoms. The molecule has 0 aromatic heterocycles. The minimum atomic E-state index is -0.0782. The average Bonchev–Trinajstić information content (AvgIpc) is 2.57. The normalized spacial score (nSPS) is 10.2. The Balaban J connectivity index is 1.77. The van der Waals surface area contributed by atoms with Crippen LogP contribution in [0.4, 0.5) is 5.69 Å². The van der Waals surface area contributed by atoms with Gasteiger partial charge < -0.3 is 5.32 Å². The van der Waals surface area contributed by atoms with Gasteiger partial charge in [0.1, 0.15) is 0 Å². The summed E-state index contributed by atoms with van der Waals surface area (Å²) in [6.07, 6.45) is 0. The molecular formula is C20H17NO. The van der Waals surface area contributed by atoms with E-state index in [9.17, 15) is 4.79 Å². The first-order chi connectivity index (χ1) is 10.7. The highest BCUT2D eigenvalue weighted by Gasteiger charge is 2.08. The molecule has 0 aliphatic carbocycles. The van der Waals surface area contributed by atoms with E-state index in [0.717, 1.165) is 16.8 Å². The van der Waals surface area contributed by atoms with Crippen molar-refractivity contribution in [2.75, 3.05) is 5.32 Å². The van der Waals surface area contributed by atoms with Crippen LogP contribution in [-0.2, 0) is 0 Å². The van der Waals surface area contributed by atoms with E-state index < -0.39 is 0 Å². The quantitative estimate of drug-likeness (QED) is 0.728. The third-order valence-corrected chi connectivity index (χ3v) is 3.64. The number of nitrogens with one attached hydrogen (secondary N) is 1. The monoisotopic (exact) mass is 287 g/mol. The van der Waals surface area contributed by atoms with Gasteiger partial charge in [0.25, 0.3) is 5.91 Å². The van der Waals surface area contributed by atoms with Crippen molar-refractivity contribution >= 4 is 11.6 Å². The Morgan fingerprint density at radius 2 is 1.32 bits per heavy atom. The van der Waals surface area contributed by atoms with Gasteiger partial charge in [-0.25, -0.2) is 0 Å². The van der Waals surface area contributed by atoms with E-state index in [1.54, 1.807) is 0 Å². The van der Waals surface area contributed by atoms with Crippen molar-refractivity contribution in [3.63, 3.8) is 0 Å². The number of hydrogen-bond donors (Lipinski definition) is 1. The van der Waals surface area contributed by atoms with Crippen molar-refractivity contribution in [2.45, 2.75) is 6.92 Å². The van der Waals surface area contributed by atoms with Crippen molar-refractivity contribution < 1.29 is 4.79 Å². The molecule has 1 N–H and O–H groups in total. The largest absolute Gasteiger partial charge is 0.322 e. The molecule has 0 atom stereocenters. The minimum absolute atomic E-state index is 0.0782. The van der Waals surface area contributed by atoms with Gasteiger partial charge in [0.05, 0.1) is 0 Å². The molecule has 3 aromatic carbocycles. The molecule has 0 fully saturated rings. The van der Waals surface area contributed by atoms with Crippen LogP contribution in [-0.4, -0.2) is 5.91 Å². The summed E-state index contributed by atoms with van der Waals surface area (Å²) in [5.74, 6) is -0.0782. The van der Waals surface area contributed by atoms with Crippen LogP contribution in [0.25, 0.3) is 11.1 Å². The molecule has 0 heterocycles. The number of amides is 1. The summed E-state index contributed by atoms with van der Waals surface area (Å²) < 4.78 is 0. The molecule has 108 valence electrons. The highest BCUT2D eigenvalue weighted by molar-refractivity contribution is 6.05. The van der Waals surface area contributed by atoms with Gasteiger partial charge in [-0.3, -0.25) is 4.79 Å². The molecule has 0 saturated heterocycles. The van der Waals surface area contributed by atoms with Crippen LogP contribution in [0.5, 0.6) is 0 Å². The Morgan fingerprint density at radius 3 is 2.00 bits per heavy atom. The zero-order valence-corrected chi connectivity index (χ0v) is 12.4. The average molecular weight is 287 g/mol. The maximum atomic E-state index is 12.3. The number of carbonyl (C=O) groups is 1. The summed E-state index contributed by atoms with van der Waals surface area (Å²) in [5, 5.41) is 2.94. The molecule has 0 unspecified atom stereocenters. The zero-order valence-electron chi connectivity index (χ0n) is 12.4. The molecule has 22 heavy (non-hydrogen) atoms. The number of hydrogen-bond acceptors (Lipinski definition) is 1. The second kappa shape index (κ2) is 6.27. The van der Waals surface area contributed by atoms with Gasteiger partial charge in [-0.2, -0.15) is 0 Å². The molecule has 2 nitrogen and oxygen atoms in total. The predicted molar refractivity (Wildman–Crippen MR) is 91.0 cm³/mol. The molecule has 2 heteroatoms. The fourth-order valence-corrected chi connectivity index (χ4v) is 2.40. The summed E-state index contributed by atoms with van der Waals surface area (Å²) in [5.41, 5.74) is 4.78. The lowest BCUT2D eigenvalue weighted by Gasteiger charge is -2.08. The van der Waals surface area contributed by atoms with Crippen LogP contribution in [0.15, 0.2) is 78.9 Å². The van der Waals surface area contributed by atoms with Gasteiger partial charge in [0, 0.05) is 11.3 Å².